The Morgan fingerprint density at radius 2 is 1.84 bits per heavy atom. The maximum Gasteiger partial charge on any atom is 0.325 e. The van der Waals surface area contributed by atoms with Crippen LogP contribution in [-0.2, 0) is 11.2 Å². The first-order valence-corrected chi connectivity index (χ1v) is 6.68. The minimum Gasteiger partial charge on any atom is -0.343 e. The van der Waals surface area contributed by atoms with Gasteiger partial charge in [0, 0.05) is 30.8 Å². The summed E-state index contributed by atoms with van der Waals surface area (Å²) in [5.41, 5.74) is 0.131. The van der Waals surface area contributed by atoms with E-state index < -0.39 is 11.2 Å². The van der Waals surface area contributed by atoms with Crippen LogP contribution in [0, 0.1) is 6.92 Å². The minimum absolute atomic E-state index is 0.0877. The predicted octanol–water partition coefficient (Wildman–Crippen LogP) is 0.317. The zero-order valence-corrected chi connectivity index (χ0v) is 11.1. The molecule has 0 unspecified atom stereocenters. The summed E-state index contributed by atoms with van der Waals surface area (Å²) in [6.45, 7) is 3.32. The van der Waals surface area contributed by atoms with Crippen molar-refractivity contribution in [2.24, 2.45) is 0 Å². The largest absolute Gasteiger partial charge is 0.343 e. The number of aromatic nitrogens is 2. The van der Waals surface area contributed by atoms with Crippen molar-refractivity contribution in [2.75, 3.05) is 13.1 Å². The highest BCUT2D eigenvalue weighted by Gasteiger charge is 2.17. The molecule has 6 nitrogen and oxygen atoms in total. The van der Waals surface area contributed by atoms with Gasteiger partial charge in [0.15, 0.2) is 0 Å². The number of amides is 1. The molecule has 1 aromatic rings. The minimum atomic E-state index is -0.506. The van der Waals surface area contributed by atoms with Crippen LogP contribution in [0.15, 0.2) is 9.59 Å². The monoisotopic (exact) mass is 265 g/mol. The lowest BCUT2D eigenvalue weighted by atomic mass is 10.1. The second-order valence-electron chi connectivity index (χ2n) is 4.95. The molecule has 2 heterocycles. The van der Waals surface area contributed by atoms with E-state index in [1.165, 1.54) is 6.42 Å². The van der Waals surface area contributed by atoms with Gasteiger partial charge < -0.3 is 9.88 Å². The topological polar surface area (TPSA) is 86.0 Å². The number of likely N-dealkylation sites (tertiary alicyclic amines) is 1. The highest BCUT2D eigenvalue weighted by Crippen LogP contribution is 2.11. The summed E-state index contributed by atoms with van der Waals surface area (Å²) in [6, 6.07) is 0. The Labute approximate surface area is 110 Å². The molecule has 0 spiro atoms. The van der Waals surface area contributed by atoms with Gasteiger partial charge in [-0.05, 0) is 32.6 Å². The van der Waals surface area contributed by atoms with Crippen molar-refractivity contribution in [3.05, 3.63) is 32.1 Å². The quantitative estimate of drug-likeness (QED) is 0.825. The number of carbonyl (C=O) groups excluding carboxylic acids is 1. The predicted molar refractivity (Wildman–Crippen MR) is 71.2 cm³/mol. The van der Waals surface area contributed by atoms with E-state index in [0.29, 0.717) is 24.1 Å². The van der Waals surface area contributed by atoms with Crippen LogP contribution in [0.2, 0.25) is 0 Å². The van der Waals surface area contributed by atoms with Gasteiger partial charge in [-0.15, -0.1) is 0 Å². The molecule has 1 fully saturated rings. The second-order valence-corrected chi connectivity index (χ2v) is 4.95. The summed E-state index contributed by atoms with van der Waals surface area (Å²) in [7, 11) is 0. The molecule has 19 heavy (non-hydrogen) atoms. The maximum atomic E-state index is 12.0. The lowest BCUT2D eigenvalue weighted by Gasteiger charge is -2.26. The summed E-state index contributed by atoms with van der Waals surface area (Å²) >= 11 is 0. The average Bonchev–Trinajstić information content (AvgIpc) is 2.38. The molecule has 0 atom stereocenters. The molecule has 0 radical (unpaired) electrons. The second kappa shape index (κ2) is 5.86. The van der Waals surface area contributed by atoms with Gasteiger partial charge >= 0.3 is 5.69 Å². The zero-order valence-electron chi connectivity index (χ0n) is 11.1. The third-order valence-electron chi connectivity index (χ3n) is 3.55. The van der Waals surface area contributed by atoms with E-state index in [1.54, 1.807) is 6.92 Å². The van der Waals surface area contributed by atoms with Gasteiger partial charge in [-0.1, -0.05) is 0 Å². The van der Waals surface area contributed by atoms with Crippen molar-refractivity contribution in [2.45, 2.75) is 39.0 Å². The molecular formula is C13H19N3O3. The number of nitrogens with zero attached hydrogens (tertiary/aromatic N) is 1. The van der Waals surface area contributed by atoms with Crippen molar-refractivity contribution < 1.29 is 4.79 Å². The number of nitrogens with one attached hydrogen (secondary N) is 2. The Hall–Kier alpha value is -1.85. The molecule has 0 aliphatic carbocycles. The first-order valence-electron chi connectivity index (χ1n) is 6.68. The molecule has 2 N–H and O–H groups in total. The molecular weight excluding hydrogens is 246 g/mol. The molecule has 1 amide bonds. The first-order chi connectivity index (χ1) is 9.08. The van der Waals surface area contributed by atoms with Crippen molar-refractivity contribution in [1.82, 2.24) is 14.9 Å². The van der Waals surface area contributed by atoms with E-state index in [9.17, 15) is 14.4 Å². The Morgan fingerprint density at radius 3 is 2.47 bits per heavy atom. The van der Waals surface area contributed by atoms with Crippen molar-refractivity contribution in [3.8, 4) is 0 Å². The zero-order chi connectivity index (χ0) is 13.8. The lowest BCUT2D eigenvalue weighted by Crippen LogP contribution is -2.36. The van der Waals surface area contributed by atoms with E-state index in [1.807, 2.05) is 4.90 Å². The fraction of sp³-hybridized carbons (Fsp3) is 0.615. The summed E-state index contributed by atoms with van der Waals surface area (Å²) < 4.78 is 0. The van der Waals surface area contributed by atoms with Gasteiger partial charge in [-0.2, -0.15) is 0 Å². The average molecular weight is 265 g/mol. The van der Waals surface area contributed by atoms with Gasteiger partial charge in [0.1, 0.15) is 0 Å². The van der Waals surface area contributed by atoms with E-state index in [4.69, 9.17) is 0 Å². The molecule has 6 heteroatoms. The van der Waals surface area contributed by atoms with Gasteiger partial charge in [0.05, 0.1) is 0 Å². The maximum absolute atomic E-state index is 12.0. The number of rotatable bonds is 3. The SMILES string of the molecule is Cc1[nH]c(=O)[nH]c(=O)c1CCC(=O)N1CCCCC1. The summed E-state index contributed by atoms with van der Waals surface area (Å²) in [5.74, 6) is 0.0877. The van der Waals surface area contributed by atoms with Crippen molar-refractivity contribution in [1.29, 1.82) is 0 Å². The molecule has 0 saturated carbocycles. The fourth-order valence-electron chi connectivity index (χ4n) is 2.46. The van der Waals surface area contributed by atoms with E-state index in [2.05, 4.69) is 9.97 Å². The van der Waals surface area contributed by atoms with Crippen LogP contribution in [0.1, 0.15) is 36.9 Å². The van der Waals surface area contributed by atoms with Crippen LogP contribution < -0.4 is 11.2 Å². The van der Waals surface area contributed by atoms with Crippen molar-refractivity contribution >= 4 is 5.91 Å². The smallest absolute Gasteiger partial charge is 0.325 e. The Bertz CT molecular complexity index is 567. The molecule has 1 aromatic heterocycles. The number of carbonyl (C=O) groups is 1. The number of piperidine rings is 1. The summed E-state index contributed by atoms with van der Waals surface area (Å²) in [6.07, 6.45) is 3.99. The number of hydrogen-bond donors (Lipinski definition) is 2. The number of aromatic amines is 2. The third kappa shape index (κ3) is 3.33. The molecule has 1 saturated heterocycles. The molecule has 104 valence electrons. The third-order valence-corrected chi connectivity index (χ3v) is 3.55. The van der Waals surface area contributed by atoms with Crippen LogP contribution in [0.25, 0.3) is 0 Å². The van der Waals surface area contributed by atoms with E-state index >= 15 is 0 Å². The number of H-pyrrole nitrogens is 2. The van der Waals surface area contributed by atoms with Crippen LogP contribution >= 0.6 is 0 Å². The van der Waals surface area contributed by atoms with Gasteiger partial charge in [-0.3, -0.25) is 14.6 Å². The van der Waals surface area contributed by atoms with Crippen LogP contribution in [0.3, 0.4) is 0 Å². The van der Waals surface area contributed by atoms with E-state index in [-0.39, 0.29) is 5.91 Å². The molecule has 0 aromatic carbocycles. The Kier molecular flexibility index (Phi) is 4.19. The Morgan fingerprint density at radius 1 is 1.16 bits per heavy atom. The molecule has 0 bridgehead atoms. The fourth-order valence-corrected chi connectivity index (χ4v) is 2.46. The number of aryl methyl sites for hydroxylation is 1. The van der Waals surface area contributed by atoms with Gasteiger partial charge in [0.25, 0.3) is 5.56 Å². The molecule has 1 aliphatic heterocycles. The Balaban J connectivity index is 2.00. The summed E-state index contributed by atoms with van der Waals surface area (Å²) in [5, 5.41) is 0. The highest BCUT2D eigenvalue weighted by molar-refractivity contribution is 5.76. The van der Waals surface area contributed by atoms with Crippen LogP contribution in [0.5, 0.6) is 0 Å². The molecule has 2 rings (SSSR count). The normalized spacial score (nSPS) is 15.5. The highest BCUT2D eigenvalue weighted by atomic mass is 16.2. The lowest BCUT2D eigenvalue weighted by molar-refractivity contribution is -0.132. The van der Waals surface area contributed by atoms with Gasteiger partial charge in [0.2, 0.25) is 5.91 Å². The molecule has 1 aliphatic rings. The first kappa shape index (κ1) is 13.6. The number of hydrogen-bond acceptors (Lipinski definition) is 3. The van der Waals surface area contributed by atoms with Crippen molar-refractivity contribution in [3.63, 3.8) is 0 Å². The standard InChI is InChI=1S/C13H19N3O3/c1-9-10(12(18)15-13(19)14-9)5-6-11(17)16-7-3-2-4-8-16/h2-8H2,1H3,(H2,14,15,18,19). The van der Waals surface area contributed by atoms with Crippen LogP contribution in [-0.4, -0.2) is 33.9 Å². The van der Waals surface area contributed by atoms with Gasteiger partial charge in [-0.25, -0.2) is 4.79 Å². The van der Waals surface area contributed by atoms with Crippen LogP contribution in [0.4, 0.5) is 0 Å². The van der Waals surface area contributed by atoms with E-state index in [0.717, 1.165) is 25.9 Å². The summed E-state index contributed by atoms with van der Waals surface area (Å²) in [4.78, 5) is 41.3.